The summed E-state index contributed by atoms with van der Waals surface area (Å²) in [5.74, 6) is -1.02. The molecule has 0 bridgehead atoms. The minimum Gasteiger partial charge on any atom is -0.320 e. The molecule has 0 saturated carbocycles. The Hall–Kier alpha value is -0.780. The van der Waals surface area contributed by atoms with E-state index in [-0.39, 0.29) is 5.56 Å². The highest BCUT2D eigenvalue weighted by Gasteiger charge is 2.17. The molecule has 1 atom stereocenters. The minimum absolute atomic E-state index is 0.137. The van der Waals surface area contributed by atoms with Gasteiger partial charge in [-0.15, -0.1) is 0 Å². The van der Waals surface area contributed by atoms with Crippen molar-refractivity contribution in [3.05, 3.63) is 68.1 Å². The van der Waals surface area contributed by atoms with Gasteiger partial charge in [0.2, 0.25) is 0 Å². The lowest BCUT2D eigenvalue weighted by Gasteiger charge is -2.15. The van der Waals surface area contributed by atoms with Gasteiger partial charge in [0.15, 0.2) is 0 Å². The number of halogens is 4. The van der Waals surface area contributed by atoms with Gasteiger partial charge in [-0.3, -0.25) is 0 Å². The van der Waals surface area contributed by atoms with Crippen LogP contribution in [0.3, 0.4) is 0 Å². The summed E-state index contributed by atoms with van der Waals surface area (Å²) in [6.45, 7) is 0. The SMILES string of the molecule is NC(c1cc(F)ccc1F)c1ccc(Br)cc1Br. The molecular formula is C13H9Br2F2N. The molecule has 2 N–H and O–H groups in total. The topological polar surface area (TPSA) is 26.0 Å². The van der Waals surface area contributed by atoms with Crippen LogP contribution < -0.4 is 5.73 Å². The molecule has 0 aromatic heterocycles. The van der Waals surface area contributed by atoms with Gasteiger partial charge in [-0.25, -0.2) is 8.78 Å². The number of hydrogen-bond donors (Lipinski definition) is 1. The first-order chi connectivity index (χ1) is 8.49. The lowest BCUT2D eigenvalue weighted by molar-refractivity contribution is 0.576. The standard InChI is InChI=1S/C13H9Br2F2N/c14-7-1-3-9(11(15)5-7)13(18)10-6-8(16)2-4-12(10)17/h1-6,13H,18H2. The molecule has 1 nitrogen and oxygen atoms in total. The smallest absolute Gasteiger partial charge is 0.128 e. The summed E-state index contributed by atoms with van der Waals surface area (Å²) >= 11 is 6.68. The van der Waals surface area contributed by atoms with Crippen LogP contribution in [0.15, 0.2) is 45.3 Å². The van der Waals surface area contributed by atoms with Crippen LogP contribution >= 0.6 is 31.9 Å². The van der Waals surface area contributed by atoms with Crippen molar-refractivity contribution in [2.45, 2.75) is 6.04 Å². The van der Waals surface area contributed by atoms with Crippen LogP contribution in [-0.4, -0.2) is 0 Å². The lowest BCUT2D eigenvalue weighted by Crippen LogP contribution is -2.14. The molecule has 0 aliphatic heterocycles. The Morgan fingerprint density at radius 3 is 2.33 bits per heavy atom. The van der Waals surface area contributed by atoms with Crippen LogP contribution in [0.1, 0.15) is 17.2 Å². The van der Waals surface area contributed by atoms with Crippen molar-refractivity contribution >= 4 is 31.9 Å². The van der Waals surface area contributed by atoms with Gasteiger partial charge in [-0.1, -0.05) is 37.9 Å². The number of rotatable bonds is 2. The van der Waals surface area contributed by atoms with Crippen LogP contribution in [0.2, 0.25) is 0 Å². The molecule has 0 aliphatic rings. The second-order valence-electron chi connectivity index (χ2n) is 3.81. The zero-order chi connectivity index (χ0) is 13.3. The predicted octanol–water partition coefficient (Wildman–Crippen LogP) is 4.54. The van der Waals surface area contributed by atoms with Crippen molar-refractivity contribution in [2.24, 2.45) is 5.73 Å². The summed E-state index contributed by atoms with van der Waals surface area (Å²) < 4.78 is 28.4. The van der Waals surface area contributed by atoms with Crippen LogP contribution in [0.4, 0.5) is 8.78 Å². The summed E-state index contributed by atoms with van der Waals surface area (Å²) in [5.41, 5.74) is 6.82. The highest BCUT2D eigenvalue weighted by Crippen LogP contribution is 2.30. The molecule has 18 heavy (non-hydrogen) atoms. The first-order valence-electron chi connectivity index (χ1n) is 5.14. The third-order valence-corrected chi connectivity index (χ3v) is 3.77. The molecule has 1 unspecified atom stereocenters. The van der Waals surface area contributed by atoms with E-state index in [1.54, 1.807) is 12.1 Å². The summed E-state index contributed by atoms with van der Waals surface area (Å²) in [5, 5.41) is 0. The minimum atomic E-state index is -0.719. The van der Waals surface area contributed by atoms with E-state index in [0.717, 1.165) is 27.1 Å². The molecule has 0 saturated heterocycles. The van der Waals surface area contributed by atoms with Gasteiger partial charge in [0, 0.05) is 14.5 Å². The molecule has 0 radical (unpaired) electrons. The van der Waals surface area contributed by atoms with Crippen molar-refractivity contribution in [1.29, 1.82) is 0 Å². The molecule has 2 aromatic carbocycles. The Morgan fingerprint density at radius 1 is 0.944 bits per heavy atom. The number of hydrogen-bond acceptors (Lipinski definition) is 1. The summed E-state index contributed by atoms with van der Waals surface area (Å²) in [7, 11) is 0. The molecular weight excluding hydrogens is 368 g/mol. The van der Waals surface area contributed by atoms with Crippen LogP contribution in [0.5, 0.6) is 0 Å². The summed E-state index contributed by atoms with van der Waals surface area (Å²) in [4.78, 5) is 0. The lowest BCUT2D eigenvalue weighted by atomic mass is 9.99. The van der Waals surface area contributed by atoms with E-state index in [9.17, 15) is 8.78 Å². The summed E-state index contributed by atoms with van der Waals surface area (Å²) in [6, 6.07) is 7.93. The van der Waals surface area contributed by atoms with Gasteiger partial charge >= 0.3 is 0 Å². The van der Waals surface area contributed by atoms with Crippen molar-refractivity contribution < 1.29 is 8.78 Å². The first-order valence-corrected chi connectivity index (χ1v) is 6.73. The molecule has 2 rings (SSSR count). The van der Waals surface area contributed by atoms with Crippen LogP contribution in [-0.2, 0) is 0 Å². The zero-order valence-electron chi connectivity index (χ0n) is 9.13. The van der Waals surface area contributed by atoms with E-state index in [0.29, 0.717) is 5.56 Å². The maximum absolute atomic E-state index is 13.6. The maximum atomic E-state index is 13.6. The average Bonchev–Trinajstić information content (AvgIpc) is 2.31. The van der Waals surface area contributed by atoms with E-state index in [4.69, 9.17) is 5.73 Å². The molecule has 5 heteroatoms. The van der Waals surface area contributed by atoms with Gasteiger partial charge in [-0.2, -0.15) is 0 Å². The van der Waals surface area contributed by atoms with Crippen molar-refractivity contribution in [3.63, 3.8) is 0 Å². The van der Waals surface area contributed by atoms with Crippen molar-refractivity contribution in [1.82, 2.24) is 0 Å². The third-order valence-electron chi connectivity index (χ3n) is 2.59. The first kappa shape index (κ1) is 13.6. The van der Waals surface area contributed by atoms with Gasteiger partial charge in [0.25, 0.3) is 0 Å². The van der Waals surface area contributed by atoms with Gasteiger partial charge in [0.1, 0.15) is 11.6 Å². The second kappa shape index (κ2) is 5.47. The van der Waals surface area contributed by atoms with E-state index < -0.39 is 17.7 Å². The van der Waals surface area contributed by atoms with Crippen molar-refractivity contribution in [2.75, 3.05) is 0 Å². The average molecular weight is 377 g/mol. The Balaban J connectivity index is 2.47. The summed E-state index contributed by atoms with van der Waals surface area (Å²) in [6.07, 6.45) is 0. The molecule has 0 spiro atoms. The number of benzene rings is 2. The zero-order valence-corrected chi connectivity index (χ0v) is 12.3. The quantitative estimate of drug-likeness (QED) is 0.818. The fourth-order valence-corrected chi connectivity index (χ4v) is 2.97. The Morgan fingerprint density at radius 2 is 1.67 bits per heavy atom. The largest absolute Gasteiger partial charge is 0.320 e. The molecule has 0 heterocycles. The van der Waals surface area contributed by atoms with Gasteiger partial charge in [-0.05, 0) is 35.9 Å². The fraction of sp³-hybridized carbons (Fsp3) is 0.0769. The Bertz CT molecular complexity index is 587. The Labute approximate surface area is 120 Å². The molecule has 0 aliphatic carbocycles. The molecule has 0 amide bonds. The van der Waals surface area contributed by atoms with Gasteiger partial charge in [0.05, 0.1) is 6.04 Å². The highest BCUT2D eigenvalue weighted by molar-refractivity contribution is 9.11. The maximum Gasteiger partial charge on any atom is 0.128 e. The van der Waals surface area contributed by atoms with Crippen LogP contribution in [0.25, 0.3) is 0 Å². The second-order valence-corrected chi connectivity index (χ2v) is 5.58. The normalized spacial score (nSPS) is 12.5. The fourth-order valence-electron chi connectivity index (χ4n) is 1.67. The van der Waals surface area contributed by atoms with E-state index in [1.165, 1.54) is 0 Å². The third kappa shape index (κ3) is 2.79. The van der Waals surface area contributed by atoms with E-state index in [1.807, 2.05) is 6.07 Å². The van der Waals surface area contributed by atoms with E-state index in [2.05, 4.69) is 31.9 Å². The van der Waals surface area contributed by atoms with Crippen LogP contribution in [0, 0.1) is 11.6 Å². The number of nitrogens with two attached hydrogens (primary N) is 1. The Kier molecular flexibility index (Phi) is 4.14. The molecule has 0 fully saturated rings. The predicted molar refractivity (Wildman–Crippen MR) is 74.2 cm³/mol. The van der Waals surface area contributed by atoms with E-state index >= 15 is 0 Å². The highest BCUT2D eigenvalue weighted by atomic mass is 79.9. The molecule has 94 valence electrons. The monoisotopic (exact) mass is 375 g/mol. The van der Waals surface area contributed by atoms with Gasteiger partial charge < -0.3 is 5.73 Å². The van der Waals surface area contributed by atoms with Crippen molar-refractivity contribution in [3.8, 4) is 0 Å². The molecule has 2 aromatic rings.